The third kappa shape index (κ3) is 5.20. The van der Waals surface area contributed by atoms with Crippen LogP contribution in [0.1, 0.15) is 52.4 Å². The maximum absolute atomic E-state index is 12.0. The molecule has 0 spiro atoms. The van der Waals surface area contributed by atoms with E-state index in [0.717, 1.165) is 32.1 Å². The lowest BCUT2D eigenvalue weighted by atomic mass is 9.86. The number of nitrogens with zero attached hydrogens (tertiary/aromatic N) is 1. The molecule has 23 heavy (non-hydrogen) atoms. The number of carbonyl (C=O) groups excluding carboxylic acids is 2. The maximum Gasteiger partial charge on any atom is 0.321 e. The Morgan fingerprint density at radius 2 is 1.83 bits per heavy atom. The van der Waals surface area contributed by atoms with Crippen molar-refractivity contribution in [1.29, 1.82) is 0 Å². The van der Waals surface area contributed by atoms with Crippen LogP contribution < -0.4 is 10.6 Å². The molecule has 3 N–H and O–H groups in total. The lowest BCUT2D eigenvalue weighted by Crippen LogP contribution is -2.51. The first-order valence-corrected chi connectivity index (χ1v) is 8.47. The van der Waals surface area contributed by atoms with Gasteiger partial charge in [0.1, 0.15) is 6.04 Å². The van der Waals surface area contributed by atoms with Gasteiger partial charge in [-0.3, -0.25) is 19.8 Å². The fourth-order valence-corrected chi connectivity index (χ4v) is 3.20. The molecule has 2 rings (SSSR count). The normalized spacial score (nSPS) is 25.7. The van der Waals surface area contributed by atoms with Crippen LogP contribution in [0.25, 0.3) is 0 Å². The molecule has 0 aromatic rings. The van der Waals surface area contributed by atoms with E-state index in [2.05, 4.69) is 17.6 Å². The largest absolute Gasteiger partial charge is 0.480 e. The van der Waals surface area contributed by atoms with E-state index in [4.69, 9.17) is 5.11 Å². The van der Waals surface area contributed by atoms with Crippen LogP contribution in [0.3, 0.4) is 0 Å². The maximum atomic E-state index is 12.0. The number of imide groups is 1. The molecule has 3 atom stereocenters. The van der Waals surface area contributed by atoms with E-state index in [9.17, 15) is 14.4 Å². The standard InChI is InChI=1S/C16H27N3O4/c1-10-5-3-4-6-13(10)17-16(23)18-14(20)9-19(12-7-8-12)11(2)15(21)22/h10-13H,3-9H2,1-2H3,(H,21,22)(H2,17,18,20,23). The summed E-state index contributed by atoms with van der Waals surface area (Å²) >= 11 is 0. The Balaban J connectivity index is 1.80. The van der Waals surface area contributed by atoms with Crippen molar-refractivity contribution in [2.75, 3.05) is 6.54 Å². The van der Waals surface area contributed by atoms with Crippen molar-refractivity contribution in [3.8, 4) is 0 Å². The molecule has 7 nitrogen and oxygen atoms in total. The second-order valence-electron chi connectivity index (χ2n) is 6.81. The van der Waals surface area contributed by atoms with Gasteiger partial charge in [-0.05, 0) is 38.5 Å². The zero-order valence-electron chi connectivity index (χ0n) is 13.9. The molecule has 0 bridgehead atoms. The van der Waals surface area contributed by atoms with E-state index >= 15 is 0 Å². The lowest BCUT2D eigenvalue weighted by Gasteiger charge is -2.29. The topological polar surface area (TPSA) is 98.7 Å². The molecule has 130 valence electrons. The van der Waals surface area contributed by atoms with Crippen molar-refractivity contribution in [2.24, 2.45) is 5.92 Å². The van der Waals surface area contributed by atoms with E-state index in [1.807, 2.05) is 0 Å². The van der Waals surface area contributed by atoms with Crippen molar-refractivity contribution < 1.29 is 19.5 Å². The van der Waals surface area contributed by atoms with Crippen LogP contribution in [0.15, 0.2) is 0 Å². The smallest absolute Gasteiger partial charge is 0.321 e. The molecular formula is C16H27N3O4. The minimum absolute atomic E-state index is 0.0637. The number of carboxylic acids is 1. The van der Waals surface area contributed by atoms with Gasteiger partial charge >= 0.3 is 12.0 Å². The van der Waals surface area contributed by atoms with Gasteiger partial charge in [-0.15, -0.1) is 0 Å². The molecule has 0 aromatic carbocycles. The summed E-state index contributed by atoms with van der Waals surface area (Å²) in [6.45, 7) is 3.61. The number of carboxylic acid groups (broad SMARTS) is 1. The van der Waals surface area contributed by atoms with Gasteiger partial charge in [0.2, 0.25) is 5.91 Å². The SMILES string of the molecule is CC1CCCCC1NC(=O)NC(=O)CN(C1CC1)C(C)C(=O)O. The number of amides is 3. The second kappa shape index (κ2) is 7.77. The molecular weight excluding hydrogens is 298 g/mol. The molecule has 2 aliphatic rings. The zero-order chi connectivity index (χ0) is 17.0. The summed E-state index contributed by atoms with van der Waals surface area (Å²) in [5.74, 6) is -0.990. The predicted octanol–water partition coefficient (Wildman–Crippen LogP) is 1.33. The van der Waals surface area contributed by atoms with Crippen molar-refractivity contribution in [1.82, 2.24) is 15.5 Å². The quantitative estimate of drug-likeness (QED) is 0.684. The second-order valence-corrected chi connectivity index (χ2v) is 6.81. The van der Waals surface area contributed by atoms with E-state index in [-0.39, 0.29) is 18.6 Å². The highest BCUT2D eigenvalue weighted by Gasteiger charge is 2.36. The third-order valence-electron chi connectivity index (χ3n) is 4.88. The first-order valence-electron chi connectivity index (χ1n) is 8.47. The molecule has 3 amide bonds. The zero-order valence-corrected chi connectivity index (χ0v) is 13.9. The molecule has 0 aliphatic heterocycles. The molecule has 0 radical (unpaired) electrons. The Labute approximate surface area is 136 Å². The van der Waals surface area contributed by atoms with Crippen LogP contribution >= 0.6 is 0 Å². The fourth-order valence-electron chi connectivity index (χ4n) is 3.20. The third-order valence-corrected chi connectivity index (χ3v) is 4.88. The Morgan fingerprint density at radius 3 is 2.39 bits per heavy atom. The highest BCUT2D eigenvalue weighted by Crippen LogP contribution is 2.28. The fraction of sp³-hybridized carbons (Fsp3) is 0.812. The van der Waals surface area contributed by atoms with Gasteiger partial charge in [0, 0.05) is 12.1 Å². The van der Waals surface area contributed by atoms with Gasteiger partial charge in [-0.1, -0.05) is 19.8 Å². The average Bonchev–Trinajstić information content (AvgIpc) is 3.31. The van der Waals surface area contributed by atoms with Crippen LogP contribution in [0.5, 0.6) is 0 Å². The Hall–Kier alpha value is -1.63. The average molecular weight is 325 g/mol. The van der Waals surface area contributed by atoms with Crippen LogP contribution in [-0.4, -0.2) is 52.6 Å². The summed E-state index contributed by atoms with van der Waals surface area (Å²) in [6.07, 6.45) is 6.10. The highest BCUT2D eigenvalue weighted by atomic mass is 16.4. The number of rotatable bonds is 6. The van der Waals surface area contributed by atoms with E-state index in [1.165, 1.54) is 6.42 Å². The van der Waals surface area contributed by atoms with Crippen LogP contribution in [0, 0.1) is 5.92 Å². The lowest BCUT2D eigenvalue weighted by molar-refractivity contribution is -0.143. The number of carbonyl (C=O) groups is 3. The van der Waals surface area contributed by atoms with E-state index in [1.54, 1.807) is 11.8 Å². The van der Waals surface area contributed by atoms with Crippen LogP contribution in [-0.2, 0) is 9.59 Å². The summed E-state index contributed by atoms with van der Waals surface area (Å²) in [7, 11) is 0. The van der Waals surface area contributed by atoms with Crippen LogP contribution in [0.4, 0.5) is 4.79 Å². The van der Waals surface area contributed by atoms with E-state index in [0.29, 0.717) is 5.92 Å². The molecule has 2 saturated carbocycles. The van der Waals surface area contributed by atoms with Gasteiger partial charge in [0.05, 0.1) is 6.54 Å². The van der Waals surface area contributed by atoms with Gasteiger partial charge < -0.3 is 10.4 Å². The summed E-state index contributed by atoms with van der Waals surface area (Å²) in [5, 5.41) is 14.3. The van der Waals surface area contributed by atoms with Gasteiger partial charge in [0.25, 0.3) is 0 Å². The summed E-state index contributed by atoms with van der Waals surface area (Å²) in [5.41, 5.74) is 0. The molecule has 2 fully saturated rings. The monoisotopic (exact) mass is 325 g/mol. The molecule has 3 unspecified atom stereocenters. The number of aliphatic carboxylic acids is 1. The Kier molecular flexibility index (Phi) is 5.98. The molecule has 0 saturated heterocycles. The van der Waals surface area contributed by atoms with Crippen molar-refractivity contribution in [3.63, 3.8) is 0 Å². The van der Waals surface area contributed by atoms with Gasteiger partial charge in [-0.25, -0.2) is 4.79 Å². The van der Waals surface area contributed by atoms with Gasteiger partial charge in [0.15, 0.2) is 0 Å². The molecule has 7 heteroatoms. The summed E-state index contributed by atoms with van der Waals surface area (Å²) < 4.78 is 0. The Morgan fingerprint density at radius 1 is 1.17 bits per heavy atom. The van der Waals surface area contributed by atoms with Crippen molar-refractivity contribution in [2.45, 2.75) is 70.5 Å². The first-order chi connectivity index (χ1) is 10.9. The van der Waals surface area contributed by atoms with E-state index < -0.39 is 23.9 Å². The minimum Gasteiger partial charge on any atom is -0.480 e. The molecule has 0 heterocycles. The first kappa shape index (κ1) is 17.7. The summed E-state index contributed by atoms with van der Waals surface area (Å²) in [4.78, 5) is 36.8. The van der Waals surface area contributed by atoms with Crippen LogP contribution in [0.2, 0.25) is 0 Å². The summed E-state index contributed by atoms with van der Waals surface area (Å²) in [6, 6.07) is -0.968. The van der Waals surface area contributed by atoms with Crippen molar-refractivity contribution >= 4 is 17.9 Å². The predicted molar refractivity (Wildman–Crippen MR) is 84.9 cm³/mol. The van der Waals surface area contributed by atoms with Crippen molar-refractivity contribution in [3.05, 3.63) is 0 Å². The molecule has 2 aliphatic carbocycles. The minimum atomic E-state index is -0.954. The highest BCUT2D eigenvalue weighted by molar-refractivity contribution is 5.95. The number of hydrogen-bond donors (Lipinski definition) is 3. The number of nitrogens with one attached hydrogen (secondary N) is 2. The Bertz CT molecular complexity index is 464. The van der Waals surface area contributed by atoms with Gasteiger partial charge in [-0.2, -0.15) is 0 Å². The number of urea groups is 1. The molecule has 0 aromatic heterocycles. The number of hydrogen-bond acceptors (Lipinski definition) is 4.